The van der Waals surface area contributed by atoms with Crippen LogP contribution in [0.2, 0.25) is 0 Å². The summed E-state index contributed by atoms with van der Waals surface area (Å²) in [5.74, 6) is 0. The molecule has 2 aliphatic carbocycles. The van der Waals surface area contributed by atoms with Gasteiger partial charge in [0.25, 0.3) is 0 Å². The largest absolute Gasteiger partial charge is 0.376 e. The van der Waals surface area contributed by atoms with Gasteiger partial charge in [0.05, 0.1) is 0 Å². The second-order valence-corrected chi connectivity index (χ2v) is 5.07. The molecule has 2 rings (SSSR count). The van der Waals surface area contributed by atoms with Crippen molar-refractivity contribution in [2.75, 3.05) is 0 Å². The molecule has 14 heavy (non-hydrogen) atoms. The number of rotatable bonds is 2. The fourth-order valence-electron chi connectivity index (χ4n) is 2.91. The molecule has 0 aromatic rings. The molecule has 0 atom stereocenters. The third-order valence-corrected chi connectivity index (χ3v) is 3.76. The fourth-order valence-corrected chi connectivity index (χ4v) is 2.91. The van der Waals surface area contributed by atoms with Crippen molar-refractivity contribution in [3.05, 3.63) is 0 Å². The predicted molar refractivity (Wildman–Crippen MR) is 58.0 cm³/mol. The molecule has 2 N–H and O–H groups in total. The van der Waals surface area contributed by atoms with Crippen molar-refractivity contribution in [3.8, 4) is 0 Å². The van der Waals surface area contributed by atoms with Crippen LogP contribution in [-0.2, 0) is 0 Å². The van der Waals surface area contributed by atoms with Gasteiger partial charge in [-0.2, -0.15) is 0 Å². The molecule has 0 heterocycles. The minimum atomic E-state index is -0.514. The van der Waals surface area contributed by atoms with Gasteiger partial charge in [0, 0.05) is 6.04 Å². The van der Waals surface area contributed by atoms with Crippen LogP contribution in [0, 0.1) is 0 Å². The highest BCUT2D eigenvalue weighted by Crippen LogP contribution is 2.28. The predicted octanol–water partition coefficient (Wildman–Crippen LogP) is 2.56. The van der Waals surface area contributed by atoms with Crippen LogP contribution in [-0.4, -0.2) is 16.9 Å². The summed E-state index contributed by atoms with van der Waals surface area (Å²) in [7, 11) is 0. The first-order valence-electron chi connectivity index (χ1n) is 6.29. The van der Waals surface area contributed by atoms with E-state index in [9.17, 15) is 5.11 Å². The minimum absolute atomic E-state index is 0.514. The van der Waals surface area contributed by atoms with Gasteiger partial charge < -0.3 is 5.11 Å². The lowest BCUT2D eigenvalue weighted by Gasteiger charge is -2.38. The molecular weight excluding hydrogens is 174 g/mol. The lowest BCUT2D eigenvalue weighted by Crippen LogP contribution is -2.51. The summed E-state index contributed by atoms with van der Waals surface area (Å²) >= 11 is 0. The van der Waals surface area contributed by atoms with Crippen molar-refractivity contribution in [1.82, 2.24) is 5.32 Å². The molecule has 0 aliphatic heterocycles. The number of hydrogen-bond donors (Lipinski definition) is 2. The van der Waals surface area contributed by atoms with Crippen LogP contribution in [0.25, 0.3) is 0 Å². The standard InChI is InChI=1S/C12H23NO/c14-12(9-5-2-6-10-12)13-11-7-3-1-4-8-11/h11,13-14H,1-10H2. The first-order chi connectivity index (χ1) is 6.79. The maximum atomic E-state index is 10.3. The second-order valence-electron chi connectivity index (χ2n) is 5.07. The van der Waals surface area contributed by atoms with E-state index in [-0.39, 0.29) is 0 Å². The Kier molecular flexibility index (Phi) is 3.45. The summed E-state index contributed by atoms with van der Waals surface area (Å²) in [6, 6.07) is 0.590. The first kappa shape index (κ1) is 10.4. The van der Waals surface area contributed by atoms with Crippen LogP contribution in [0.5, 0.6) is 0 Å². The molecule has 0 aromatic carbocycles. The Morgan fingerprint density at radius 3 is 2.07 bits per heavy atom. The number of nitrogens with one attached hydrogen (secondary N) is 1. The van der Waals surface area contributed by atoms with Crippen molar-refractivity contribution < 1.29 is 5.11 Å². The Bertz CT molecular complexity index is 169. The van der Waals surface area contributed by atoms with Crippen molar-refractivity contribution in [2.45, 2.75) is 76.0 Å². The van der Waals surface area contributed by atoms with Gasteiger partial charge in [-0.15, -0.1) is 0 Å². The SMILES string of the molecule is OC1(NC2CCCCC2)CCCCC1. The third-order valence-electron chi connectivity index (χ3n) is 3.76. The summed E-state index contributed by atoms with van der Waals surface area (Å²) in [6.45, 7) is 0. The fraction of sp³-hybridized carbons (Fsp3) is 1.00. The molecule has 2 aliphatic rings. The Balaban J connectivity index is 1.81. The van der Waals surface area contributed by atoms with Crippen LogP contribution in [0.3, 0.4) is 0 Å². The Morgan fingerprint density at radius 1 is 0.857 bits per heavy atom. The summed E-state index contributed by atoms with van der Waals surface area (Å²) in [4.78, 5) is 0. The Morgan fingerprint density at radius 2 is 1.43 bits per heavy atom. The van der Waals surface area contributed by atoms with Crippen molar-refractivity contribution >= 4 is 0 Å². The summed E-state index contributed by atoms with van der Waals surface area (Å²) < 4.78 is 0. The van der Waals surface area contributed by atoms with E-state index in [0.29, 0.717) is 6.04 Å². The summed E-state index contributed by atoms with van der Waals surface area (Å²) in [5, 5.41) is 13.8. The zero-order chi connectivity index (χ0) is 9.86. The van der Waals surface area contributed by atoms with Crippen LogP contribution < -0.4 is 5.32 Å². The normalized spacial score (nSPS) is 28.9. The van der Waals surface area contributed by atoms with E-state index >= 15 is 0 Å². The van der Waals surface area contributed by atoms with Gasteiger partial charge in [-0.05, 0) is 38.5 Å². The molecule has 82 valence electrons. The number of aliphatic hydroxyl groups is 1. The molecule has 0 saturated heterocycles. The van der Waals surface area contributed by atoms with Crippen LogP contribution in [0.15, 0.2) is 0 Å². The van der Waals surface area contributed by atoms with E-state index in [4.69, 9.17) is 0 Å². The van der Waals surface area contributed by atoms with Crippen LogP contribution in [0.4, 0.5) is 0 Å². The van der Waals surface area contributed by atoms with E-state index in [1.165, 1.54) is 51.4 Å². The Labute approximate surface area is 87.1 Å². The summed E-state index contributed by atoms with van der Waals surface area (Å²) in [5.41, 5.74) is -0.514. The van der Waals surface area contributed by atoms with Crippen molar-refractivity contribution in [1.29, 1.82) is 0 Å². The zero-order valence-corrected chi connectivity index (χ0v) is 9.10. The molecule has 0 spiro atoms. The average Bonchev–Trinajstić information content (AvgIpc) is 2.19. The lowest BCUT2D eigenvalue weighted by atomic mass is 9.88. The van der Waals surface area contributed by atoms with Gasteiger partial charge in [-0.25, -0.2) is 0 Å². The molecule has 0 bridgehead atoms. The monoisotopic (exact) mass is 197 g/mol. The molecule has 2 heteroatoms. The molecule has 0 unspecified atom stereocenters. The van der Waals surface area contributed by atoms with Gasteiger partial charge in [0.15, 0.2) is 0 Å². The quantitative estimate of drug-likeness (QED) is 0.667. The highest BCUT2D eigenvalue weighted by atomic mass is 16.3. The number of hydrogen-bond acceptors (Lipinski definition) is 2. The van der Waals surface area contributed by atoms with E-state index in [2.05, 4.69) is 5.32 Å². The van der Waals surface area contributed by atoms with E-state index in [1.54, 1.807) is 0 Å². The topological polar surface area (TPSA) is 32.3 Å². The second kappa shape index (κ2) is 4.63. The smallest absolute Gasteiger partial charge is 0.116 e. The first-order valence-corrected chi connectivity index (χ1v) is 6.29. The molecule has 2 fully saturated rings. The highest BCUT2D eigenvalue weighted by Gasteiger charge is 2.31. The van der Waals surface area contributed by atoms with E-state index in [0.717, 1.165) is 12.8 Å². The molecular formula is C12H23NO. The molecule has 2 saturated carbocycles. The average molecular weight is 197 g/mol. The Hall–Kier alpha value is -0.0800. The van der Waals surface area contributed by atoms with Gasteiger partial charge in [-0.1, -0.05) is 25.7 Å². The van der Waals surface area contributed by atoms with Gasteiger partial charge in [-0.3, -0.25) is 5.32 Å². The molecule has 0 radical (unpaired) electrons. The van der Waals surface area contributed by atoms with Crippen LogP contribution >= 0.6 is 0 Å². The van der Waals surface area contributed by atoms with Crippen LogP contribution in [0.1, 0.15) is 64.2 Å². The van der Waals surface area contributed by atoms with Gasteiger partial charge in [0.2, 0.25) is 0 Å². The van der Waals surface area contributed by atoms with Crippen molar-refractivity contribution in [2.24, 2.45) is 0 Å². The van der Waals surface area contributed by atoms with Crippen molar-refractivity contribution in [3.63, 3.8) is 0 Å². The molecule has 0 aromatic heterocycles. The van der Waals surface area contributed by atoms with Gasteiger partial charge in [0.1, 0.15) is 5.72 Å². The van der Waals surface area contributed by atoms with Gasteiger partial charge >= 0.3 is 0 Å². The van der Waals surface area contributed by atoms with E-state index < -0.39 is 5.72 Å². The third kappa shape index (κ3) is 2.71. The summed E-state index contributed by atoms with van der Waals surface area (Å²) in [6.07, 6.45) is 12.2. The zero-order valence-electron chi connectivity index (χ0n) is 9.10. The molecule has 0 amide bonds. The molecule has 2 nitrogen and oxygen atoms in total. The minimum Gasteiger partial charge on any atom is -0.376 e. The highest BCUT2D eigenvalue weighted by molar-refractivity contribution is 4.84. The van der Waals surface area contributed by atoms with E-state index in [1.807, 2.05) is 0 Å². The maximum absolute atomic E-state index is 10.3. The lowest BCUT2D eigenvalue weighted by molar-refractivity contribution is -0.0408. The maximum Gasteiger partial charge on any atom is 0.116 e.